The van der Waals surface area contributed by atoms with Gasteiger partial charge in [0.1, 0.15) is 5.82 Å². The summed E-state index contributed by atoms with van der Waals surface area (Å²) in [7, 11) is 0. The monoisotopic (exact) mass is 225 g/mol. The average molecular weight is 225 g/mol. The molecule has 1 aromatic carbocycles. The van der Waals surface area contributed by atoms with Crippen molar-refractivity contribution >= 4 is 5.69 Å². The molecule has 1 rings (SSSR count). The molecule has 0 spiro atoms. The first-order valence-electron chi connectivity index (χ1n) is 5.79. The van der Waals surface area contributed by atoms with Gasteiger partial charge in [0.2, 0.25) is 0 Å². The molecular weight excluding hydrogens is 205 g/mol. The van der Waals surface area contributed by atoms with Gasteiger partial charge in [0, 0.05) is 18.3 Å². The molecular formula is C13H20FNO. The molecule has 0 fully saturated rings. The molecule has 1 atom stereocenters. The minimum absolute atomic E-state index is 0.122. The Bertz CT molecular complexity index is 341. The normalized spacial score (nSPS) is 12.6. The minimum atomic E-state index is -0.289. The zero-order valence-corrected chi connectivity index (χ0v) is 10.2. The molecule has 3 heteroatoms. The SMILES string of the molecule is CCC(C)N(CC)c1cc(F)cc(CO)c1. The highest BCUT2D eigenvalue weighted by Gasteiger charge is 2.12. The molecule has 0 aromatic heterocycles. The number of hydrogen-bond acceptors (Lipinski definition) is 2. The van der Waals surface area contributed by atoms with Crippen molar-refractivity contribution in [2.75, 3.05) is 11.4 Å². The summed E-state index contributed by atoms with van der Waals surface area (Å²) < 4.78 is 13.3. The largest absolute Gasteiger partial charge is 0.392 e. The van der Waals surface area contributed by atoms with Crippen LogP contribution in [0.2, 0.25) is 0 Å². The maximum Gasteiger partial charge on any atom is 0.125 e. The first kappa shape index (κ1) is 13.0. The molecule has 2 nitrogen and oxygen atoms in total. The van der Waals surface area contributed by atoms with Crippen LogP contribution in [0.5, 0.6) is 0 Å². The van der Waals surface area contributed by atoms with Crippen LogP contribution in [0.1, 0.15) is 32.8 Å². The zero-order valence-electron chi connectivity index (χ0n) is 10.2. The van der Waals surface area contributed by atoms with Crippen LogP contribution in [-0.2, 0) is 6.61 Å². The number of aliphatic hydroxyl groups excluding tert-OH is 1. The van der Waals surface area contributed by atoms with E-state index in [4.69, 9.17) is 5.11 Å². The molecule has 0 aliphatic heterocycles. The Balaban J connectivity index is 3.04. The van der Waals surface area contributed by atoms with Gasteiger partial charge in [-0.1, -0.05) is 6.92 Å². The van der Waals surface area contributed by atoms with Gasteiger partial charge in [-0.3, -0.25) is 0 Å². The number of hydrogen-bond donors (Lipinski definition) is 1. The number of anilines is 1. The van der Waals surface area contributed by atoms with Crippen LogP contribution in [-0.4, -0.2) is 17.7 Å². The van der Waals surface area contributed by atoms with Gasteiger partial charge >= 0.3 is 0 Å². The molecule has 0 radical (unpaired) electrons. The average Bonchev–Trinajstić information content (AvgIpc) is 2.29. The van der Waals surface area contributed by atoms with Crippen molar-refractivity contribution in [2.24, 2.45) is 0 Å². The van der Waals surface area contributed by atoms with E-state index in [2.05, 4.69) is 25.7 Å². The smallest absolute Gasteiger partial charge is 0.125 e. The predicted molar refractivity (Wildman–Crippen MR) is 65.1 cm³/mol. The summed E-state index contributed by atoms with van der Waals surface area (Å²) in [6, 6.07) is 5.11. The topological polar surface area (TPSA) is 23.5 Å². The van der Waals surface area contributed by atoms with E-state index >= 15 is 0 Å². The molecule has 0 saturated heterocycles. The quantitative estimate of drug-likeness (QED) is 0.832. The van der Waals surface area contributed by atoms with E-state index in [9.17, 15) is 4.39 Å². The fourth-order valence-corrected chi connectivity index (χ4v) is 1.86. The van der Waals surface area contributed by atoms with Crippen LogP contribution in [0.3, 0.4) is 0 Å². The van der Waals surface area contributed by atoms with Crippen LogP contribution < -0.4 is 4.90 Å². The first-order valence-corrected chi connectivity index (χ1v) is 5.79. The summed E-state index contributed by atoms with van der Waals surface area (Å²) in [5.74, 6) is -0.289. The van der Waals surface area contributed by atoms with Gasteiger partial charge in [-0.15, -0.1) is 0 Å². The highest BCUT2D eigenvalue weighted by molar-refractivity contribution is 5.49. The van der Waals surface area contributed by atoms with Crippen molar-refractivity contribution in [3.8, 4) is 0 Å². The lowest BCUT2D eigenvalue weighted by molar-refractivity contribution is 0.281. The second kappa shape index (κ2) is 5.85. The molecule has 0 heterocycles. The Morgan fingerprint density at radius 3 is 2.50 bits per heavy atom. The third-order valence-corrected chi connectivity index (χ3v) is 2.92. The Kier molecular flexibility index (Phi) is 4.74. The van der Waals surface area contributed by atoms with Gasteiger partial charge in [-0.05, 0) is 44.0 Å². The van der Waals surface area contributed by atoms with Crippen LogP contribution in [0.4, 0.5) is 10.1 Å². The van der Waals surface area contributed by atoms with Gasteiger partial charge in [-0.2, -0.15) is 0 Å². The molecule has 0 aliphatic rings. The highest BCUT2D eigenvalue weighted by atomic mass is 19.1. The van der Waals surface area contributed by atoms with Crippen LogP contribution in [0, 0.1) is 5.82 Å². The van der Waals surface area contributed by atoms with Crippen LogP contribution >= 0.6 is 0 Å². The Labute approximate surface area is 96.7 Å². The third-order valence-electron chi connectivity index (χ3n) is 2.92. The molecule has 0 saturated carbocycles. The van der Waals surface area contributed by atoms with Crippen molar-refractivity contribution < 1.29 is 9.50 Å². The number of rotatable bonds is 5. The fourth-order valence-electron chi connectivity index (χ4n) is 1.86. The van der Waals surface area contributed by atoms with E-state index in [1.807, 2.05) is 6.07 Å². The Morgan fingerprint density at radius 1 is 1.31 bits per heavy atom. The van der Waals surface area contributed by atoms with Crippen LogP contribution in [0.25, 0.3) is 0 Å². The number of nitrogens with zero attached hydrogens (tertiary/aromatic N) is 1. The lowest BCUT2D eigenvalue weighted by Gasteiger charge is -2.29. The zero-order chi connectivity index (χ0) is 12.1. The van der Waals surface area contributed by atoms with E-state index < -0.39 is 0 Å². The molecule has 90 valence electrons. The lowest BCUT2D eigenvalue weighted by Crippen LogP contribution is -2.32. The molecule has 0 amide bonds. The Hall–Kier alpha value is -1.09. The maximum absolute atomic E-state index is 13.3. The van der Waals surface area contributed by atoms with Crippen molar-refractivity contribution in [2.45, 2.75) is 39.8 Å². The lowest BCUT2D eigenvalue weighted by atomic mass is 10.1. The summed E-state index contributed by atoms with van der Waals surface area (Å²) in [5, 5.41) is 9.05. The molecule has 16 heavy (non-hydrogen) atoms. The summed E-state index contributed by atoms with van der Waals surface area (Å²) in [4.78, 5) is 2.14. The molecule has 0 aliphatic carbocycles. The van der Waals surface area contributed by atoms with Crippen molar-refractivity contribution in [1.82, 2.24) is 0 Å². The molecule has 1 aromatic rings. The van der Waals surface area contributed by atoms with Gasteiger partial charge in [0.05, 0.1) is 6.61 Å². The van der Waals surface area contributed by atoms with Gasteiger partial charge in [0.25, 0.3) is 0 Å². The van der Waals surface area contributed by atoms with E-state index in [-0.39, 0.29) is 12.4 Å². The van der Waals surface area contributed by atoms with Crippen molar-refractivity contribution in [1.29, 1.82) is 0 Å². The summed E-state index contributed by atoms with van der Waals surface area (Å²) in [6.45, 7) is 6.99. The fraction of sp³-hybridized carbons (Fsp3) is 0.538. The second-order valence-electron chi connectivity index (χ2n) is 4.02. The second-order valence-corrected chi connectivity index (χ2v) is 4.02. The number of benzene rings is 1. The van der Waals surface area contributed by atoms with Crippen LogP contribution in [0.15, 0.2) is 18.2 Å². The van der Waals surface area contributed by atoms with Crippen molar-refractivity contribution in [3.05, 3.63) is 29.6 Å². The molecule has 1 unspecified atom stereocenters. The summed E-state index contributed by atoms with van der Waals surface area (Å²) in [5.41, 5.74) is 1.47. The van der Waals surface area contributed by atoms with Gasteiger partial charge in [0.15, 0.2) is 0 Å². The summed E-state index contributed by atoms with van der Waals surface area (Å²) >= 11 is 0. The van der Waals surface area contributed by atoms with E-state index in [0.717, 1.165) is 18.7 Å². The van der Waals surface area contributed by atoms with Gasteiger partial charge < -0.3 is 10.0 Å². The predicted octanol–water partition coefficient (Wildman–Crippen LogP) is 2.94. The minimum Gasteiger partial charge on any atom is -0.392 e. The van der Waals surface area contributed by atoms with Gasteiger partial charge in [-0.25, -0.2) is 4.39 Å². The standard InChI is InChI=1S/C13H20FNO/c1-4-10(3)15(5-2)13-7-11(9-16)6-12(14)8-13/h6-8,10,16H,4-5,9H2,1-3H3. The Morgan fingerprint density at radius 2 is 2.00 bits per heavy atom. The first-order chi connectivity index (χ1) is 7.62. The summed E-state index contributed by atoms with van der Waals surface area (Å²) in [6.07, 6.45) is 1.01. The van der Waals surface area contributed by atoms with E-state index in [0.29, 0.717) is 11.6 Å². The van der Waals surface area contributed by atoms with Crippen molar-refractivity contribution in [3.63, 3.8) is 0 Å². The third kappa shape index (κ3) is 2.95. The van der Waals surface area contributed by atoms with E-state index in [1.165, 1.54) is 12.1 Å². The number of halogens is 1. The maximum atomic E-state index is 13.3. The highest BCUT2D eigenvalue weighted by Crippen LogP contribution is 2.21. The van der Waals surface area contributed by atoms with E-state index in [1.54, 1.807) is 0 Å². The molecule has 1 N–H and O–H groups in total. The number of aliphatic hydroxyl groups is 1. The molecule has 0 bridgehead atoms.